The lowest BCUT2D eigenvalue weighted by Gasteiger charge is -2.40. The molecule has 0 aromatic carbocycles. The molecule has 1 fully saturated rings. The first-order valence-electron chi connectivity index (χ1n) is 6.84. The number of aliphatic hydroxyl groups excluding tert-OH is 1. The Balaban J connectivity index is 2.46. The highest BCUT2D eigenvalue weighted by molar-refractivity contribution is 4.82. The Labute approximate surface area is 101 Å². The Bertz CT molecular complexity index is 207. The van der Waals surface area contributed by atoms with Crippen molar-refractivity contribution in [2.45, 2.75) is 47.0 Å². The van der Waals surface area contributed by atoms with Gasteiger partial charge in [-0.1, -0.05) is 34.1 Å². The molecule has 1 rings (SSSR count). The van der Waals surface area contributed by atoms with Gasteiger partial charge in [-0.2, -0.15) is 0 Å². The summed E-state index contributed by atoms with van der Waals surface area (Å²) in [5.41, 5.74) is 0.106. The molecule has 2 nitrogen and oxygen atoms in total. The summed E-state index contributed by atoms with van der Waals surface area (Å²) in [5.74, 6) is 1.67. The van der Waals surface area contributed by atoms with Gasteiger partial charge in [0.1, 0.15) is 0 Å². The maximum absolute atomic E-state index is 9.54. The summed E-state index contributed by atoms with van der Waals surface area (Å²) >= 11 is 0. The Morgan fingerprint density at radius 2 is 2.00 bits per heavy atom. The molecule has 0 radical (unpaired) electrons. The van der Waals surface area contributed by atoms with Gasteiger partial charge in [0, 0.05) is 25.1 Å². The zero-order valence-electron chi connectivity index (χ0n) is 11.5. The minimum absolute atomic E-state index is 0.106. The van der Waals surface area contributed by atoms with E-state index >= 15 is 0 Å². The normalized spacial score (nSPS) is 31.3. The van der Waals surface area contributed by atoms with Crippen molar-refractivity contribution in [1.82, 2.24) is 4.90 Å². The van der Waals surface area contributed by atoms with Crippen LogP contribution in [0.3, 0.4) is 0 Å². The van der Waals surface area contributed by atoms with E-state index in [2.05, 4.69) is 32.6 Å². The molecule has 3 atom stereocenters. The summed E-state index contributed by atoms with van der Waals surface area (Å²) in [6.07, 6.45) is 3.61. The number of rotatable bonds is 5. The monoisotopic (exact) mass is 227 g/mol. The van der Waals surface area contributed by atoms with Gasteiger partial charge in [0.25, 0.3) is 0 Å². The Morgan fingerprint density at radius 3 is 2.50 bits per heavy atom. The quantitative estimate of drug-likeness (QED) is 0.780. The standard InChI is InChI=1S/C14H29NO/c1-5-7-14(4,11-16)10-15-8-6-12(2)13(3)9-15/h12-13,16H,5-11H2,1-4H3. The van der Waals surface area contributed by atoms with Gasteiger partial charge in [0.2, 0.25) is 0 Å². The lowest BCUT2D eigenvalue weighted by molar-refractivity contribution is 0.0482. The SMILES string of the molecule is CCCC(C)(CO)CN1CCC(C)C(C)C1. The summed E-state index contributed by atoms with van der Waals surface area (Å²) < 4.78 is 0. The highest BCUT2D eigenvalue weighted by Crippen LogP contribution is 2.28. The van der Waals surface area contributed by atoms with Crippen LogP contribution in [0.1, 0.15) is 47.0 Å². The number of likely N-dealkylation sites (tertiary alicyclic amines) is 1. The third kappa shape index (κ3) is 3.74. The van der Waals surface area contributed by atoms with Crippen LogP contribution >= 0.6 is 0 Å². The van der Waals surface area contributed by atoms with Crippen molar-refractivity contribution in [2.75, 3.05) is 26.2 Å². The Hall–Kier alpha value is -0.0800. The average molecular weight is 227 g/mol. The predicted molar refractivity (Wildman–Crippen MR) is 69.5 cm³/mol. The summed E-state index contributed by atoms with van der Waals surface area (Å²) in [5, 5.41) is 9.54. The number of hydrogen-bond acceptors (Lipinski definition) is 2. The number of piperidine rings is 1. The first kappa shape index (κ1) is 14.0. The van der Waals surface area contributed by atoms with E-state index in [1.807, 2.05) is 0 Å². The van der Waals surface area contributed by atoms with Gasteiger partial charge in [-0.3, -0.25) is 0 Å². The van der Waals surface area contributed by atoms with E-state index in [-0.39, 0.29) is 5.41 Å². The van der Waals surface area contributed by atoms with Crippen LogP contribution in [0.2, 0.25) is 0 Å². The fourth-order valence-electron chi connectivity index (χ4n) is 2.84. The number of nitrogens with zero attached hydrogens (tertiary/aromatic N) is 1. The van der Waals surface area contributed by atoms with Gasteiger partial charge in [0.15, 0.2) is 0 Å². The molecule has 3 unspecified atom stereocenters. The van der Waals surface area contributed by atoms with Crippen molar-refractivity contribution in [1.29, 1.82) is 0 Å². The molecule has 0 spiro atoms. The molecular weight excluding hydrogens is 198 g/mol. The predicted octanol–water partition coefficient (Wildman–Crippen LogP) is 2.76. The largest absolute Gasteiger partial charge is 0.396 e. The summed E-state index contributed by atoms with van der Waals surface area (Å²) in [4.78, 5) is 2.55. The van der Waals surface area contributed by atoms with Crippen molar-refractivity contribution < 1.29 is 5.11 Å². The maximum atomic E-state index is 9.54. The fraction of sp³-hybridized carbons (Fsp3) is 1.00. The van der Waals surface area contributed by atoms with Crippen molar-refractivity contribution in [3.63, 3.8) is 0 Å². The molecule has 0 bridgehead atoms. The molecule has 2 heteroatoms. The molecule has 1 saturated heterocycles. The van der Waals surface area contributed by atoms with Crippen molar-refractivity contribution in [2.24, 2.45) is 17.3 Å². The molecule has 16 heavy (non-hydrogen) atoms. The lowest BCUT2D eigenvalue weighted by Crippen LogP contribution is -2.45. The number of hydrogen-bond donors (Lipinski definition) is 1. The summed E-state index contributed by atoms with van der Waals surface area (Å²) in [6.45, 7) is 12.9. The van der Waals surface area contributed by atoms with Crippen LogP contribution in [-0.2, 0) is 0 Å². The van der Waals surface area contributed by atoms with Crippen LogP contribution in [0, 0.1) is 17.3 Å². The smallest absolute Gasteiger partial charge is 0.0497 e. The second kappa shape index (κ2) is 6.02. The third-order valence-corrected chi connectivity index (χ3v) is 4.26. The van der Waals surface area contributed by atoms with Crippen molar-refractivity contribution in [3.8, 4) is 0 Å². The van der Waals surface area contributed by atoms with Crippen LogP contribution in [-0.4, -0.2) is 36.2 Å². The van der Waals surface area contributed by atoms with E-state index < -0.39 is 0 Å². The van der Waals surface area contributed by atoms with Crippen LogP contribution in [0.4, 0.5) is 0 Å². The second-order valence-corrected chi connectivity index (χ2v) is 6.20. The maximum Gasteiger partial charge on any atom is 0.0497 e. The molecule has 0 aromatic rings. The highest BCUT2D eigenvalue weighted by atomic mass is 16.3. The third-order valence-electron chi connectivity index (χ3n) is 4.26. The summed E-state index contributed by atoms with van der Waals surface area (Å²) in [6, 6.07) is 0. The van der Waals surface area contributed by atoms with Gasteiger partial charge in [0.05, 0.1) is 0 Å². The zero-order valence-corrected chi connectivity index (χ0v) is 11.5. The molecule has 1 aliphatic rings. The molecule has 0 aliphatic carbocycles. The topological polar surface area (TPSA) is 23.5 Å². The minimum atomic E-state index is 0.106. The molecular formula is C14H29NO. The van der Waals surface area contributed by atoms with Crippen LogP contribution in [0.5, 0.6) is 0 Å². The molecule has 0 aromatic heterocycles. The fourth-order valence-corrected chi connectivity index (χ4v) is 2.84. The van der Waals surface area contributed by atoms with E-state index in [4.69, 9.17) is 0 Å². The molecule has 0 saturated carbocycles. The van der Waals surface area contributed by atoms with Gasteiger partial charge in [-0.05, 0) is 31.2 Å². The molecule has 1 heterocycles. The van der Waals surface area contributed by atoms with Crippen LogP contribution in [0.15, 0.2) is 0 Å². The van der Waals surface area contributed by atoms with E-state index in [0.717, 1.165) is 31.2 Å². The average Bonchev–Trinajstić information content (AvgIpc) is 2.24. The minimum Gasteiger partial charge on any atom is -0.396 e. The lowest BCUT2D eigenvalue weighted by atomic mass is 9.83. The van der Waals surface area contributed by atoms with Gasteiger partial charge in [-0.25, -0.2) is 0 Å². The van der Waals surface area contributed by atoms with E-state index in [1.165, 1.54) is 19.5 Å². The van der Waals surface area contributed by atoms with Crippen LogP contribution < -0.4 is 0 Å². The first-order valence-corrected chi connectivity index (χ1v) is 6.84. The van der Waals surface area contributed by atoms with Crippen molar-refractivity contribution >= 4 is 0 Å². The van der Waals surface area contributed by atoms with Gasteiger partial charge >= 0.3 is 0 Å². The van der Waals surface area contributed by atoms with Crippen LogP contribution in [0.25, 0.3) is 0 Å². The number of aliphatic hydroxyl groups is 1. The molecule has 1 N–H and O–H groups in total. The Morgan fingerprint density at radius 1 is 1.31 bits per heavy atom. The van der Waals surface area contributed by atoms with E-state index in [1.54, 1.807) is 0 Å². The van der Waals surface area contributed by atoms with Gasteiger partial charge < -0.3 is 10.0 Å². The molecule has 0 amide bonds. The van der Waals surface area contributed by atoms with E-state index in [0.29, 0.717) is 6.61 Å². The first-order chi connectivity index (χ1) is 7.50. The van der Waals surface area contributed by atoms with E-state index in [9.17, 15) is 5.11 Å². The van der Waals surface area contributed by atoms with Crippen molar-refractivity contribution in [3.05, 3.63) is 0 Å². The zero-order chi connectivity index (χ0) is 12.2. The van der Waals surface area contributed by atoms with Gasteiger partial charge in [-0.15, -0.1) is 0 Å². The molecule has 1 aliphatic heterocycles. The summed E-state index contributed by atoms with van der Waals surface area (Å²) in [7, 11) is 0. The second-order valence-electron chi connectivity index (χ2n) is 6.20. The molecule has 96 valence electrons. The Kier molecular flexibility index (Phi) is 5.26. The highest BCUT2D eigenvalue weighted by Gasteiger charge is 2.29.